The topological polar surface area (TPSA) is 69.6 Å². The van der Waals surface area contributed by atoms with E-state index in [0.29, 0.717) is 22.5 Å². The Bertz CT molecular complexity index is 1090. The fraction of sp³-hybridized carbons (Fsp3) is 0.158. The second-order valence-electron chi connectivity index (χ2n) is 6.03. The zero-order chi connectivity index (χ0) is 18.8. The molecule has 0 aliphatic heterocycles. The van der Waals surface area contributed by atoms with E-state index in [0.717, 1.165) is 27.5 Å². The Labute approximate surface area is 165 Å². The van der Waals surface area contributed by atoms with Gasteiger partial charge in [-0.25, -0.2) is 0 Å². The third-order valence-corrected chi connectivity index (χ3v) is 5.46. The van der Waals surface area contributed by atoms with Crippen LogP contribution in [0.3, 0.4) is 0 Å². The molecule has 6 nitrogen and oxygen atoms in total. The van der Waals surface area contributed by atoms with Crippen LogP contribution in [0.25, 0.3) is 17.1 Å². The van der Waals surface area contributed by atoms with Crippen molar-refractivity contribution in [3.8, 4) is 17.1 Å². The first-order valence-electron chi connectivity index (χ1n) is 8.30. The van der Waals surface area contributed by atoms with Crippen molar-refractivity contribution >= 4 is 23.4 Å². The van der Waals surface area contributed by atoms with Crippen LogP contribution >= 0.6 is 23.4 Å². The molecule has 2 aromatic carbocycles. The predicted octanol–water partition coefficient (Wildman–Crippen LogP) is 4.88. The number of hydrogen-bond donors (Lipinski definition) is 0. The smallest absolute Gasteiger partial charge is 0.237 e. The molecule has 0 saturated carbocycles. The van der Waals surface area contributed by atoms with Crippen molar-refractivity contribution in [1.82, 2.24) is 24.9 Å². The zero-order valence-electron chi connectivity index (χ0n) is 14.8. The summed E-state index contributed by atoms with van der Waals surface area (Å²) >= 11 is 7.71. The van der Waals surface area contributed by atoms with Crippen LogP contribution in [0.2, 0.25) is 5.02 Å². The number of thioether (sulfide) groups is 1. The van der Waals surface area contributed by atoms with Crippen molar-refractivity contribution in [2.45, 2.75) is 24.8 Å². The molecule has 0 unspecified atom stereocenters. The van der Waals surface area contributed by atoms with Gasteiger partial charge >= 0.3 is 0 Å². The van der Waals surface area contributed by atoms with E-state index >= 15 is 0 Å². The second-order valence-corrected chi connectivity index (χ2v) is 7.38. The number of benzene rings is 2. The van der Waals surface area contributed by atoms with E-state index in [1.54, 1.807) is 6.33 Å². The molecule has 4 rings (SSSR count). The van der Waals surface area contributed by atoms with Gasteiger partial charge in [-0.3, -0.25) is 4.57 Å². The minimum atomic E-state index is 0.497. The molecule has 0 bridgehead atoms. The monoisotopic (exact) mass is 397 g/mol. The Kier molecular flexibility index (Phi) is 4.96. The zero-order valence-corrected chi connectivity index (χ0v) is 16.3. The highest BCUT2D eigenvalue weighted by Gasteiger charge is 2.13. The van der Waals surface area contributed by atoms with Gasteiger partial charge in [0.25, 0.3) is 0 Å². The van der Waals surface area contributed by atoms with Crippen LogP contribution < -0.4 is 0 Å². The van der Waals surface area contributed by atoms with Crippen molar-refractivity contribution in [3.05, 3.63) is 70.8 Å². The molecule has 2 heterocycles. The van der Waals surface area contributed by atoms with Crippen molar-refractivity contribution in [1.29, 1.82) is 0 Å². The van der Waals surface area contributed by atoms with Crippen LogP contribution in [-0.2, 0) is 5.75 Å². The molecule has 136 valence electrons. The minimum absolute atomic E-state index is 0.497. The van der Waals surface area contributed by atoms with E-state index in [9.17, 15) is 0 Å². The Hall–Kier alpha value is -2.64. The lowest BCUT2D eigenvalue weighted by atomic mass is 10.1. The maximum Gasteiger partial charge on any atom is 0.237 e. The number of rotatable bonds is 5. The summed E-state index contributed by atoms with van der Waals surface area (Å²) in [6.07, 6.45) is 1.66. The Morgan fingerprint density at radius 3 is 2.78 bits per heavy atom. The highest BCUT2D eigenvalue weighted by Crippen LogP contribution is 2.27. The SMILES string of the molecule is Cc1ccc(-n2cnnc2SCc2nc(-c3ccccc3C)no2)cc1Cl. The van der Waals surface area contributed by atoms with E-state index in [1.807, 2.05) is 60.9 Å². The number of nitrogens with zero attached hydrogens (tertiary/aromatic N) is 5. The lowest BCUT2D eigenvalue weighted by Crippen LogP contribution is -1.96. The van der Waals surface area contributed by atoms with Crippen molar-refractivity contribution in [3.63, 3.8) is 0 Å². The fourth-order valence-corrected chi connectivity index (χ4v) is 3.55. The summed E-state index contributed by atoms with van der Waals surface area (Å²) in [5.74, 6) is 1.63. The molecule has 0 atom stereocenters. The lowest BCUT2D eigenvalue weighted by molar-refractivity contribution is 0.391. The average Bonchev–Trinajstić information content (AvgIpc) is 3.32. The molecular weight excluding hydrogens is 382 g/mol. The van der Waals surface area contributed by atoms with Crippen LogP contribution in [0.15, 0.2) is 58.5 Å². The largest absolute Gasteiger partial charge is 0.338 e. The van der Waals surface area contributed by atoms with Gasteiger partial charge in [-0.1, -0.05) is 58.9 Å². The van der Waals surface area contributed by atoms with E-state index in [4.69, 9.17) is 16.1 Å². The molecule has 0 spiro atoms. The summed E-state index contributed by atoms with van der Waals surface area (Å²) in [5.41, 5.74) is 4.00. The van der Waals surface area contributed by atoms with E-state index in [-0.39, 0.29) is 0 Å². The molecule has 2 aromatic heterocycles. The normalized spacial score (nSPS) is 11.1. The van der Waals surface area contributed by atoms with Crippen molar-refractivity contribution < 1.29 is 4.52 Å². The van der Waals surface area contributed by atoms with Crippen LogP contribution in [-0.4, -0.2) is 24.9 Å². The highest BCUT2D eigenvalue weighted by atomic mass is 35.5. The van der Waals surface area contributed by atoms with Crippen LogP contribution in [0.1, 0.15) is 17.0 Å². The van der Waals surface area contributed by atoms with Gasteiger partial charge in [0.15, 0.2) is 5.16 Å². The summed E-state index contributed by atoms with van der Waals surface area (Å²) < 4.78 is 7.28. The van der Waals surface area contributed by atoms with Crippen molar-refractivity contribution in [2.75, 3.05) is 0 Å². The van der Waals surface area contributed by atoms with Crippen LogP contribution in [0.4, 0.5) is 0 Å². The molecule has 27 heavy (non-hydrogen) atoms. The standard InChI is InChI=1S/C19H16ClN5OS/c1-12-5-3-4-6-15(12)18-22-17(26-24-18)10-27-19-23-21-11-25(19)14-8-7-13(2)16(20)9-14/h3-9,11H,10H2,1-2H3. The molecule has 0 N–H and O–H groups in total. The first-order valence-corrected chi connectivity index (χ1v) is 9.66. The molecule has 0 radical (unpaired) electrons. The predicted molar refractivity (Wildman–Crippen MR) is 105 cm³/mol. The first-order chi connectivity index (χ1) is 13.1. The van der Waals surface area contributed by atoms with Crippen molar-refractivity contribution in [2.24, 2.45) is 0 Å². The van der Waals surface area contributed by atoms with Gasteiger partial charge in [0.1, 0.15) is 6.33 Å². The van der Waals surface area contributed by atoms with Gasteiger partial charge in [0.2, 0.25) is 11.7 Å². The summed E-state index contributed by atoms with van der Waals surface area (Å²) in [5, 5.41) is 13.7. The van der Waals surface area contributed by atoms with E-state index in [2.05, 4.69) is 20.3 Å². The van der Waals surface area contributed by atoms with Gasteiger partial charge in [0, 0.05) is 10.6 Å². The third-order valence-electron chi connectivity index (χ3n) is 4.13. The molecule has 0 saturated heterocycles. The molecule has 8 heteroatoms. The Balaban J connectivity index is 1.51. The summed E-state index contributed by atoms with van der Waals surface area (Å²) in [6, 6.07) is 13.8. The fourth-order valence-electron chi connectivity index (χ4n) is 2.60. The third kappa shape index (κ3) is 3.74. The molecule has 0 amide bonds. The summed E-state index contributed by atoms with van der Waals surface area (Å²) in [4.78, 5) is 4.49. The second kappa shape index (κ2) is 7.54. The number of aryl methyl sites for hydroxylation is 2. The molecule has 4 aromatic rings. The lowest BCUT2D eigenvalue weighted by Gasteiger charge is -2.07. The number of aromatic nitrogens is 5. The first kappa shape index (κ1) is 17.8. The average molecular weight is 398 g/mol. The van der Waals surface area contributed by atoms with Gasteiger partial charge in [0.05, 0.1) is 11.4 Å². The Morgan fingerprint density at radius 1 is 1.11 bits per heavy atom. The summed E-state index contributed by atoms with van der Waals surface area (Å²) in [6.45, 7) is 3.99. The maximum absolute atomic E-state index is 6.24. The molecule has 0 aliphatic carbocycles. The van der Waals surface area contributed by atoms with Gasteiger partial charge in [-0.2, -0.15) is 4.98 Å². The highest BCUT2D eigenvalue weighted by molar-refractivity contribution is 7.98. The van der Waals surface area contributed by atoms with Gasteiger partial charge in [-0.05, 0) is 37.1 Å². The molecule has 0 fully saturated rings. The number of hydrogen-bond acceptors (Lipinski definition) is 6. The molecular formula is C19H16ClN5OS. The van der Waals surface area contributed by atoms with E-state index in [1.165, 1.54) is 11.8 Å². The van der Waals surface area contributed by atoms with Gasteiger partial charge in [-0.15, -0.1) is 10.2 Å². The quantitative estimate of drug-likeness (QED) is 0.447. The Morgan fingerprint density at radius 2 is 1.96 bits per heavy atom. The number of halogens is 1. The van der Waals surface area contributed by atoms with Crippen LogP contribution in [0.5, 0.6) is 0 Å². The molecule has 0 aliphatic rings. The van der Waals surface area contributed by atoms with Gasteiger partial charge < -0.3 is 4.52 Å². The summed E-state index contributed by atoms with van der Waals surface area (Å²) in [7, 11) is 0. The maximum atomic E-state index is 6.24. The van der Waals surface area contributed by atoms with E-state index < -0.39 is 0 Å². The minimum Gasteiger partial charge on any atom is -0.338 e. The van der Waals surface area contributed by atoms with Crippen LogP contribution in [0, 0.1) is 13.8 Å².